The summed E-state index contributed by atoms with van der Waals surface area (Å²) in [5.41, 5.74) is 2.36. The van der Waals surface area contributed by atoms with Crippen molar-refractivity contribution in [1.29, 1.82) is 0 Å². The third-order valence-corrected chi connectivity index (χ3v) is 7.15. The maximum atomic E-state index is 12.6. The van der Waals surface area contributed by atoms with Crippen molar-refractivity contribution < 1.29 is 34.4 Å². The third kappa shape index (κ3) is 4.27. The minimum Gasteiger partial charge on any atom is -0.508 e. The van der Waals surface area contributed by atoms with Gasteiger partial charge in [0.05, 0.1) is 5.41 Å². The summed E-state index contributed by atoms with van der Waals surface area (Å²) in [6, 6.07) is 8.54. The van der Waals surface area contributed by atoms with Gasteiger partial charge in [-0.15, -0.1) is 0 Å². The van der Waals surface area contributed by atoms with Gasteiger partial charge in [0.25, 0.3) is 0 Å². The fourth-order valence-electron chi connectivity index (χ4n) is 5.38. The monoisotopic (exact) mass is 480 g/mol. The number of carbonyl (C=O) groups is 2. The van der Waals surface area contributed by atoms with E-state index in [0.717, 1.165) is 30.6 Å². The number of nitrogens with one attached hydrogen (secondary N) is 1. The number of carboxylic acids is 1. The van der Waals surface area contributed by atoms with Crippen LogP contribution in [0, 0.1) is 0 Å². The number of benzene rings is 2. The van der Waals surface area contributed by atoms with Gasteiger partial charge in [-0.2, -0.15) is 0 Å². The second kappa shape index (κ2) is 8.81. The van der Waals surface area contributed by atoms with Crippen molar-refractivity contribution in [3.63, 3.8) is 0 Å². The van der Waals surface area contributed by atoms with E-state index in [-0.39, 0.29) is 24.0 Å². The number of amides is 1. The highest BCUT2D eigenvalue weighted by Crippen LogP contribution is 2.55. The fraction of sp³-hybridized carbons (Fsp3) is 0.385. The lowest BCUT2D eigenvalue weighted by Crippen LogP contribution is -2.46. The molecule has 2 heterocycles. The largest absolute Gasteiger partial charge is 0.508 e. The molecule has 0 unspecified atom stereocenters. The number of phenols is 2. The first-order valence-electron chi connectivity index (χ1n) is 11.6. The Bertz CT molecular complexity index is 1180. The molecule has 4 N–H and O–H groups in total. The van der Waals surface area contributed by atoms with Crippen molar-refractivity contribution >= 4 is 12.1 Å². The van der Waals surface area contributed by atoms with E-state index in [2.05, 4.69) is 17.3 Å². The van der Waals surface area contributed by atoms with E-state index in [1.54, 1.807) is 18.2 Å². The molecule has 1 aliphatic carbocycles. The third-order valence-electron chi connectivity index (χ3n) is 7.15. The molecule has 9 heteroatoms. The molecule has 184 valence electrons. The van der Waals surface area contributed by atoms with E-state index < -0.39 is 29.6 Å². The molecule has 35 heavy (non-hydrogen) atoms. The van der Waals surface area contributed by atoms with Crippen LogP contribution in [0.1, 0.15) is 29.5 Å². The number of hydrogen-bond donors (Lipinski definition) is 4. The standard InChI is InChI=1S/C26H28N2O7/c1-28-11-10-26-9-8-18(13-21(26)35-23-20(30)7-4-16(14-28)22(23)26)34-25(33)27-19(24(31)32)12-15-2-5-17(29)6-3-15/h2-9,18-19,21,29-30H,10-14H2,1H3,(H,27,33)(H,31,32)/t18-,19+,21-,26-/m0/s1. The highest BCUT2D eigenvalue weighted by molar-refractivity contribution is 5.80. The minimum absolute atomic E-state index is 0.0466. The number of rotatable bonds is 5. The van der Waals surface area contributed by atoms with Crippen LogP contribution in [0.3, 0.4) is 0 Å². The summed E-state index contributed by atoms with van der Waals surface area (Å²) in [5.74, 6) is -0.512. The number of nitrogens with zero attached hydrogens (tertiary/aromatic N) is 1. The van der Waals surface area contributed by atoms with Gasteiger partial charge in [-0.3, -0.25) is 0 Å². The van der Waals surface area contributed by atoms with E-state index in [9.17, 15) is 24.9 Å². The molecule has 0 radical (unpaired) electrons. The van der Waals surface area contributed by atoms with Crippen LogP contribution in [-0.2, 0) is 27.9 Å². The number of phenolic OH excluding ortho intramolecular Hbond substituents is 2. The molecule has 4 atom stereocenters. The zero-order valence-corrected chi connectivity index (χ0v) is 19.3. The summed E-state index contributed by atoms with van der Waals surface area (Å²) < 4.78 is 11.8. The van der Waals surface area contributed by atoms with Crippen LogP contribution in [0.2, 0.25) is 0 Å². The number of carboxylic acid groups (broad SMARTS) is 1. The highest BCUT2D eigenvalue weighted by atomic mass is 16.6. The molecule has 0 fully saturated rings. The van der Waals surface area contributed by atoms with E-state index in [0.29, 0.717) is 17.7 Å². The molecular weight excluding hydrogens is 452 g/mol. The van der Waals surface area contributed by atoms with Crippen LogP contribution >= 0.6 is 0 Å². The Kier molecular flexibility index (Phi) is 5.80. The van der Waals surface area contributed by atoms with Crippen LogP contribution in [0.15, 0.2) is 48.6 Å². The van der Waals surface area contributed by atoms with Crippen LogP contribution in [0.4, 0.5) is 4.79 Å². The van der Waals surface area contributed by atoms with E-state index in [4.69, 9.17) is 9.47 Å². The summed E-state index contributed by atoms with van der Waals surface area (Å²) in [7, 11) is 2.06. The van der Waals surface area contributed by atoms with E-state index in [1.165, 1.54) is 12.1 Å². The van der Waals surface area contributed by atoms with Gasteiger partial charge in [-0.25, -0.2) is 9.59 Å². The summed E-state index contributed by atoms with van der Waals surface area (Å²) in [6.07, 6.45) is 3.35. The lowest BCUT2D eigenvalue weighted by molar-refractivity contribution is -0.139. The van der Waals surface area contributed by atoms with Gasteiger partial charge in [-0.05, 0) is 55.4 Å². The van der Waals surface area contributed by atoms with Crippen molar-refractivity contribution in [3.8, 4) is 17.2 Å². The second-order valence-corrected chi connectivity index (χ2v) is 9.53. The molecule has 0 saturated carbocycles. The summed E-state index contributed by atoms with van der Waals surface area (Å²) >= 11 is 0. The van der Waals surface area contributed by atoms with Crippen LogP contribution in [0.25, 0.3) is 0 Å². The predicted molar refractivity (Wildman–Crippen MR) is 126 cm³/mol. The van der Waals surface area contributed by atoms with Gasteiger partial charge in [0.2, 0.25) is 0 Å². The van der Waals surface area contributed by atoms with Crippen molar-refractivity contribution in [2.45, 2.75) is 49.5 Å². The quantitative estimate of drug-likeness (QED) is 0.481. The first-order chi connectivity index (χ1) is 16.7. The van der Waals surface area contributed by atoms with Crippen LogP contribution in [-0.4, -0.2) is 64.1 Å². The van der Waals surface area contributed by atoms with Crippen LogP contribution in [0.5, 0.6) is 17.2 Å². The summed E-state index contributed by atoms with van der Waals surface area (Å²) in [4.78, 5) is 26.5. The Morgan fingerprint density at radius 3 is 2.74 bits per heavy atom. The van der Waals surface area contributed by atoms with Crippen molar-refractivity contribution in [2.24, 2.45) is 0 Å². The van der Waals surface area contributed by atoms with Gasteiger partial charge >= 0.3 is 12.1 Å². The predicted octanol–water partition coefficient (Wildman–Crippen LogP) is 2.68. The average Bonchev–Trinajstić information content (AvgIpc) is 3.08. The number of hydrogen-bond acceptors (Lipinski definition) is 7. The number of aliphatic carboxylic acids is 1. The first-order valence-corrected chi connectivity index (χ1v) is 11.6. The second-order valence-electron chi connectivity index (χ2n) is 9.53. The lowest BCUT2D eigenvalue weighted by Gasteiger charge is -2.36. The molecule has 1 amide bonds. The maximum absolute atomic E-state index is 12.6. The van der Waals surface area contributed by atoms with Gasteiger partial charge in [0.1, 0.15) is 24.0 Å². The summed E-state index contributed by atoms with van der Waals surface area (Å²) in [6.45, 7) is 1.61. The summed E-state index contributed by atoms with van der Waals surface area (Å²) in [5, 5.41) is 31.9. The molecular formula is C26H28N2O7. The lowest BCUT2D eigenvalue weighted by atomic mass is 9.69. The van der Waals surface area contributed by atoms with Crippen molar-refractivity contribution in [3.05, 3.63) is 65.2 Å². The zero-order valence-electron chi connectivity index (χ0n) is 19.3. The topological polar surface area (TPSA) is 129 Å². The molecule has 3 aliphatic rings. The fourth-order valence-corrected chi connectivity index (χ4v) is 5.38. The molecule has 1 spiro atoms. The normalized spacial score (nSPS) is 25.5. The molecule has 5 rings (SSSR count). The Morgan fingerprint density at radius 2 is 2.00 bits per heavy atom. The Morgan fingerprint density at radius 1 is 1.23 bits per heavy atom. The minimum atomic E-state index is -1.19. The smallest absolute Gasteiger partial charge is 0.408 e. The first kappa shape index (κ1) is 23.0. The Labute approximate surface area is 202 Å². The number of alkyl carbamates (subject to hydrolysis) is 1. The van der Waals surface area contributed by atoms with E-state index >= 15 is 0 Å². The number of carbonyl (C=O) groups excluding carboxylic acids is 1. The molecule has 0 bridgehead atoms. The van der Waals surface area contributed by atoms with Crippen molar-refractivity contribution in [2.75, 3.05) is 13.6 Å². The Hall–Kier alpha value is -3.72. The number of ether oxygens (including phenoxy) is 2. The molecule has 0 saturated heterocycles. The van der Waals surface area contributed by atoms with Crippen molar-refractivity contribution in [1.82, 2.24) is 10.2 Å². The zero-order chi connectivity index (χ0) is 24.7. The van der Waals surface area contributed by atoms with E-state index in [1.807, 2.05) is 18.2 Å². The molecule has 2 aliphatic heterocycles. The Balaban J connectivity index is 1.30. The van der Waals surface area contributed by atoms with Gasteiger partial charge in [0, 0.05) is 24.9 Å². The molecule has 2 aromatic rings. The molecule has 2 aromatic carbocycles. The molecule has 9 nitrogen and oxygen atoms in total. The highest BCUT2D eigenvalue weighted by Gasteiger charge is 2.53. The van der Waals surface area contributed by atoms with Crippen LogP contribution < -0.4 is 10.1 Å². The maximum Gasteiger partial charge on any atom is 0.408 e. The molecule has 0 aromatic heterocycles. The van der Waals surface area contributed by atoms with Gasteiger partial charge in [0.15, 0.2) is 11.5 Å². The average molecular weight is 481 g/mol. The van der Waals surface area contributed by atoms with Gasteiger partial charge in [-0.1, -0.05) is 24.3 Å². The van der Waals surface area contributed by atoms with Gasteiger partial charge < -0.3 is 35.0 Å². The SMILES string of the molecule is CN1CC[C@@]23C=C[C@H](OC(=O)N[C@H](Cc4ccc(O)cc4)C(=O)O)C[C@@H]2Oc2c(O)ccc(c23)C1. The number of aromatic hydroxyl groups is 2.